The number of aliphatic hydroxyl groups excluding tert-OH is 2. The number of amides is 1. The first-order chi connectivity index (χ1) is 38.0. The molecule has 0 aromatic heterocycles. The summed E-state index contributed by atoms with van der Waals surface area (Å²) >= 11 is 0. The zero-order valence-corrected chi connectivity index (χ0v) is 52.5. The van der Waals surface area contributed by atoms with Gasteiger partial charge in [-0.2, -0.15) is 0 Å². The summed E-state index contributed by atoms with van der Waals surface area (Å²) in [6.07, 6.45) is 82.9. The van der Waals surface area contributed by atoms with Crippen molar-refractivity contribution < 1.29 is 24.5 Å². The second kappa shape index (κ2) is 67.1. The number of rotatable bonds is 67. The van der Waals surface area contributed by atoms with Gasteiger partial charge in [-0.3, -0.25) is 9.59 Å². The molecule has 6 heteroatoms. The van der Waals surface area contributed by atoms with Crippen molar-refractivity contribution in [2.24, 2.45) is 0 Å². The van der Waals surface area contributed by atoms with Crippen LogP contribution in [0, 0.1) is 0 Å². The minimum absolute atomic E-state index is 0.0223. The Morgan fingerprint density at radius 2 is 0.597 bits per heavy atom. The molecule has 0 aliphatic carbocycles. The van der Waals surface area contributed by atoms with Gasteiger partial charge in [0.1, 0.15) is 0 Å². The Bertz CT molecular complexity index is 1160. The van der Waals surface area contributed by atoms with Crippen LogP contribution >= 0.6 is 0 Å². The lowest BCUT2D eigenvalue weighted by molar-refractivity contribution is -0.143. The van der Waals surface area contributed by atoms with Crippen molar-refractivity contribution in [1.29, 1.82) is 0 Å². The molecular weight excluding hydrogens is 947 g/mol. The van der Waals surface area contributed by atoms with E-state index in [0.29, 0.717) is 19.4 Å². The van der Waals surface area contributed by atoms with Crippen LogP contribution in [0.15, 0.2) is 12.2 Å². The number of carbonyl (C=O) groups excluding carboxylic acids is 2. The van der Waals surface area contributed by atoms with E-state index in [0.717, 1.165) is 38.5 Å². The molecule has 77 heavy (non-hydrogen) atoms. The predicted octanol–water partition coefficient (Wildman–Crippen LogP) is 22.8. The van der Waals surface area contributed by atoms with Crippen molar-refractivity contribution in [3.05, 3.63) is 12.2 Å². The Labute approximate surface area is 482 Å². The number of aliphatic hydroxyl groups is 2. The molecule has 0 aliphatic heterocycles. The molecule has 458 valence electrons. The first-order valence-corrected chi connectivity index (χ1v) is 35.5. The molecule has 0 fully saturated rings. The average molecular weight is 1090 g/mol. The van der Waals surface area contributed by atoms with E-state index in [9.17, 15) is 19.8 Å². The van der Waals surface area contributed by atoms with Crippen molar-refractivity contribution in [2.75, 3.05) is 13.2 Å². The van der Waals surface area contributed by atoms with Crippen LogP contribution in [0.1, 0.15) is 406 Å². The molecule has 3 N–H and O–H groups in total. The maximum Gasteiger partial charge on any atom is 0.305 e. The first-order valence-electron chi connectivity index (χ1n) is 35.5. The number of unbranched alkanes of at least 4 members (excludes halogenated alkanes) is 56. The number of nitrogens with one attached hydrogen (secondary N) is 1. The van der Waals surface area contributed by atoms with Gasteiger partial charge < -0.3 is 20.3 Å². The fourth-order valence-electron chi connectivity index (χ4n) is 11.4. The fourth-order valence-corrected chi connectivity index (χ4v) is 11.4. The van der Waals surface area contributed by atoms with Crippen LogP contribution in [0.5, 0.6) is 0 Å². The summed E-state index contributed by atoms with van der Waals surface area (Å²) in [6.45, 7) is 4.95. The highest BCUT2D eigenvalue weighted by Crippen LogP contribution is 2.19. The van der Waals surface area contributed by atoms with Crippen molar-refractivity contribution >= 4 is 11.9 Å². The lowest BCUT2D eigenvalue weighted by Crippen LogP contribution is -2.45. The summed E-state index contributed by atoms with van der Waals surface area (Å²) in [4.78, 5) is 24.6. The van der Waals surface area contributed by atoms with E-state index in [-0.39, 0.29) is 18.5 Å². The Hall–Kier alpha value is -1.40. The molecule has 0 saturated heterocycles. The summed E-state index contributed by atoms with van der Waals surface area (Å²) < 4.78 is 5.50. The number of esters is 1. The van der Waals surface area contributed by atoms with Gasteiger partial charge >= 0.3 is 5.97 Å². The van der Waals surface area contributed by atoms with E-state index < -0.39 is 12.1 Å². The van der Waals surface area contributed by atoms with Gasteiger partial charge in [-0.25, -0.2) is 0 Å². The molecule has 0 saturated carbocycles. The normalized spacial score (nSPS) is 12.5. The first kappa shape index (κ1) is 75.6. The maximum absolute atomic E-state index is 12.5. The highest BCUT2D eigenvalue weighted by molar-refractivity contribution is 5.76. The topological polar surface area (TPSA) is 95.9 Å². The summed E-state index contributed by atoms with van der Waals surface area (Å²) in [7, 11) is 0. The van der Waals surface area contributed by atoms with Crippen LogP contribution in [0.2, 0.25) is 0 Å². The molecule has 2 unspecified atom stereocenters. The van der Waals surface area contributed by atoms with Gasteiger partial charge in [-0.15, -0.1) is 0 Å². The van der Waals surface area contributed by atoms with Crippen molar-refractivity contribution in [3.8, 4) is 0 Å². The molecule has 0 aromatic carbocycles. The number of ether oxygens (including phenoxy) is 1. The Kier molecular flexibility index (Phi) is 65.9. The van der Waals surface area contributed by atoms with Crippen molar-refractivity contribution in [1.82, 2.24) is 5.32 Å². The maximum atomic E-state index is 12.5. The highest BCUT2D eigenvalue weighted by atomic mass is 16.5. The van der Waals surface area contributed by atoms with Crippen LogP contribution in [0.4, 0.5) is 0 Å². The van der Waals surface area contributed by atoms with Gasteiger partial charge in [0.2, 0.25) is 5.91 Å². The molecule has 2 atom stereocenters. The Balaban J connectivity index is 3.34. The summed E-state index contributed by atoms with van der Waals surface area (Å²) in [5.74, 6) is -0.0384. The number of hydrogen-bond acceptors (Lipinski definition) is 5. The van der Waals surface area contributed by atoms with E-state index in [1.54, 1.807) is 6.08 Å². The van der Waals surface area contributed by atoms with Crippen LogP contribution in [-0.4, -0.2) is 47.4 Å². The average Bonchev–Trinajstić information content (AvgIpc) is 3.43. The Morgan fingerprint density at radius 3 is 0.883 bits per heavy atom. The third-order valence-electron chi connectivity index (χ3n) is 16.8. The predicted molar refractivity (Wildman–Crippen MR) is 338 cm³/mol. The third-order valence-corrected chi connectivity index (χ3v) is 16.8. The van der Waals surface area contributed by atoms with Crippen molar-refractivity contribution in [3.63, 3.8) is 0 Å². The fraction of sp³-hybridized carbons (Fsp3) is 0.944. The second-order valence-corrected chi connectivity index (χ2v) is 24.6. The van der Waals surface area contributed by atoms with Crippen molar-refractivity contribution in [2.45, 2.75) is 418 Å². The standard InChI is InChI=1S/C71H139NO5/c1-3-5-7-9-11-13-15-17-19-33-36-39-43-47-51-55-59-63-69(74)68(67-73)72-70(75)64-60-56-52-48-44-40-37-34-31-29-27-25-23-21-20-22-24-26-28-30-32-35-38-42-46-50-54-58-62-66-77-71(76)65-61-57-53-49-45-41-18-16-14-12-10-8-6-4-2/h59,63,68-69,73-74H,3-58,60-62,64-67H2,1-2H3,(H,72,75)/b63-59+. The summed E-state index contributed by atoms with van der Waals surface area (Å²) in [6, 6.07) is -0.624. The minimum atomic E-state index is -0.841. The van der Waals surface area contributed by atoms with E-state index in [2.05, 4.69) is 19.2 Å². The molecule has 0 radical (unpaired) electrons. The number of hydrogen-bond donors (Lipinski definition) is 3. The van der Waals surface area contributed by atoms with E-state index in [1.807, 2.05) is 6.08 Å². The SMILES string of the molecule is CCCCCCCCCCCCCCCCC/C=C/C(O)C(CO)NC(=O)CCCCCCCCCCCCCCCCCCCCCCCCCCCCCCCOC(=O)CCCCCCCCCCCCCCCC. The van der Waals surface area contributed by atoms with E-state index >= 15 is 0 Å². The largest absolute Gasteiger partial charge is 0.466 e. The van der Waals surface area contributed by atoms with Crippen LogP contribution in [0.3, 0.4) is 0 Å². The van der Waals surface area contributed by atoms with Gasteiger partial charge in [-0.1, -0.05) is 373 Å². The van der Waals surface area contributed by atoms with E-state index in [1.165, 1.54) is 340 Å². The van der Waals surface area contributed by atoms with Crippen LogP contribution in [-0.2, 0) is 14.3 Å². The molecule has 0 rings (SSSR count). The smallest absolute Gasteiger partial charge is 0.305 e. The lowest BCUT2D eigenvalue weighted by Gasteiger charge is -2.20. The molecule has 0 aliphatic rings. The lowest BCUT2D eigenvalue weighted by atomic mass is 10.0. The number of allylic oxidation sites excluding steroid dienone is 1. The highest BCUT2D eigenvalue weighted by Gasteiger charge is 2.18. The molecule has 0 spiro atoms. The second-order valence-electron chi connectivity index (χ2n) is 24.6. The van der Waals surface area contributed by atoms with Gasteiger partial charge in [0, 0.05) is 12.8 Å². The van der Waals surface area contributed by atoms with Gasteiger partial charge in [0.25, 0.3) is 0 Å². The molecule has 0 heterocycles. The minimum Gasteiger partial charge on any atom is -0.466 e. The molecule has 1 amide bonds. The molecular formula is C71H139NO5. The molecule has 0 bridgehead atoms. The quantitative estimate of drug-likeness (QED) is 0.0320. The summed E-state index contributed by atoms with van der Waals surface area (Å²) in [5.41, 5.74) is 0. The zero-order valence-electron chi connectivity index (χ0n) is 52.5. The summed E-state index contributed by atoms with van der Waals surface area (Å²) in [5, 5.41) is 23.2. The Morgan fingerprint density at radius 1 is 0.351 bits per heavy atom. The third kappa shape index (κ3) is 63.6. The van der Waals surface area contributed by atoms with E-state index in [4.69, 9.17) is 4.74 Å². The number of carbonyl (C=O) groups is 2. The molecule has 6 nitrogen and oxygen atoms in total. The molecule has 0 aromatic rings. The monoisotopic (exact) mass is 1090 g/mol. The van der Waals surface area contributed by atoms with Crippen LogP contribution < -0.4 is 5.32 Å². The van der Waals surface area contributed by atoms with Crippen LogP contribution in [0.25, 0.3) is 0 Å². The van der Waals surface area contributed by atoms with Gasteiger partial charge in [0.05, 0.1) is 25.4 Å². The van der Waals surface area contributed by atoms with Gasteiger partial charge in [-0.05, 0) is 32.1 Å². The zero-order chi connectivity index (χ0) is 55.7. The van der Waals surface area contributed by atoms with Gasteiger partial charge in [0.15, 0.2) is 0 Å².